The van der Waals surface area contributed by atoms with Gasteiger partial charge in [-0.15, -0.1) is 24.0 Å². The van der Waals surface area contributed by atoms with Crippen molar-refractivity contribution in [2.45, 2.75) is 38.6 Å². The molecule has 7 nitrogen and oxygen atoms in total. The second kappa shape index (κ2) is 11.7. The third-order valence-corrected chi connectivity index (χ3v) is 5.26. The molecule has 1 fully saturated rings. The molecule has 1 N–H and O–H groups in total. The van der Waals surface area contributed by atoms with E-state index in [1.54, 1.807) is 25.2 Å². The minimum Gasteiger partial charge on any atom is -0.356 e. The second-order valence-electron chi connectivity index (χ2n) is 7.23. The summed E-state index contributed by atoms with van der Waals surface area (Å²) in [7, 11) is 7.33. The van der Waals surface area contributed by atoms with Gasteiger partial charge in [-0.2, -0.15) is 0 Å². The van der Waals surface area contributed by atoms with Crippen LogP contribution in [0.15, 0.2) is 11.2 Å². The van der Waals surface area contributed by atoms with E-state index in [1.807, 2.05) is 23.6 Å². The van der Waals surface area contributed by atoms with E-state index in [0.717, 1.165) is 18.3 Å². The van der Waals surface area contributed by atoms with Crippen LogP contribution in [0, 0.1) is 5.92 Å². The van der Waals surface area contributed by atoms with Crippen molar-refractivity contribution < 1.29 is 4.79 Å². The molecule has 154 valence electrons. The highest BCUT2D eigenvalue weighted by Crippen LogP contribution is 2.22. The van der Waals surface area contributed by atoms with Crippen molar-refractivity contribution in [3.05, 3.63) is 17.2 Å². The fourth-order valence-electron chi connectivity index (χ4n) is 3.08. The largest absolute Gasteiger partial charge is 0.356 e. The SMILES string of the molecule is CN(C)C(=O)CN=C(NCC1CCCCC1)N(C)Cc1ncc(Cl)n1C.I. The second-order valence-corrected chi connectivity index (χ2v) is 7.61. The molecule has 0 radical (unpaired) electrons. The monoisotopic (exact) mass is 510 g/mol. The first-order chi connectivity index (χ1) is 12.4. The van der Waals surface area contributed by atoms with Gasteiger partial charge in [0, 0.05) is 34.7 Å². The van der Waals surface area contributed by atoms with E-state index >= 15 is 0 Å². The van der Waals surface area contributed by atoms with Gasteiger partial charge in [0.2, 0.25) is 5.91 Å². The molecule has 0 spiro atoms. The first kappa shape index (κ1) is 24.0. The van der Waals surface area contributed by atoms with Crippen LogP contribution in [0.3, 0.4) is 0 Å². The van der Waals surface area contributed by atoms with E-state index in [1.165, 1.54) is 32.1 Å². The van der Waals surface area contributed by atoms with Gasteiger partial charge in [0.25, 0.3) is 0 Å². The molecule has 27 heavy (non-hydrogen) atoms. The van der Waals surface area contributed by atoms with Crippen molar-refractivity contribution in [1.82, 2.24) is 24.7 Å². The summed E-state index contributed by atoms with van der Waals surface area (Å²) in [6.07, 6.45) is 8.12. The molecule has 0 atom stereocenters. The van der Waals surface area contributed by atoms with E-state index in [0.29, 0.717) is 17.6 Å². The predicted molar refractivity (Wildman–Crippen MR) is 121 cm³/mol. The number of amides is 1. The highest BCUT2D eigenvalue weighted by atomic mass is 127. The molecule has 9 heteroatoms. The number of likely N-dealkylation sites (N-methyl/N-ethyl adjacent to an activating group) is 1. The van der Waals surface area contributed by atoms with Crippen LogP contribution in [0.1, 0.15) is 37.9 Å². The number of hydrogen-bond acceptors (Lipinski definition) is 3. The molecule has 1 aromatic heterocycles. The quantitative estimate of drug-likeness (QED) is 0.363. The third-order valence-electron chi connectivity index (χ3n) is 4.90. The lowest BCUT2D eigenvalue weighted by Crippen LogP contribution is -2.42. The van der Waals surface area contributed by atoms with Crippen molar-refractivity contribution in [3.8, 4) is 0 Å². The molecule has 1 amide bonds. The highest BCUT2D eigenvalue weighted by Gasteiger charge is 2.17. The van der Waals surface area contributed by atoms with Crippen LogP contribution in [-0.4, -0.2) is 65.5 Å². The Morgan fingerprint density at radius 1 is 1.33 bits per heavy atom. The van der Waals surface area contributed by atoms with Gasteiger partial charge in [-0.05, 0) is 18.8 Å². The van der Waals surface area contributed by atoms with Crippen molar-refractivity contribution in [2.75, 3.05) is 34.2 Å². The zero-order chi connectivity index (χ0) is 19.1. The van der Waals surface area contributed by atoms with Crippen LogP contribution in [0.4, 0.5) is 0 Å². The number of aromatic nitrogens is 2. The summed E-state index contributed by atoms with van der Waals surface area (Å²) in [5.41, 5.74) is 0. The normalized spacial score (nSPS) is 15.2. The Hall–Kier alpha value is -1.03. The minimum atomic E-state index is -0.0181. The Bertz CT molecular complexity index is 627. The molecule has 1 aliphatic carbocycles. The zero-order valence-electron chi connectivity index (χ0n) is 16.7. The van der Waals surface area contributed by atoms with Gasteiger partial charge < -0.3 is 19.7 Å². The number of rotatable bonds is 6. The molecule has 1 aliphatic rings. The fraction of sp³-hybridized carbons (Fsp3) is 0.722. The summed E-state index contributed by atoms with van der Waals surface area (Å²) in [6.45, 7) is 1.59. The summed E-state index contributed by atoms with van der Waals surface area (Å²) in [5, 5.41) is 4.07. The number of guanidine groups is 1. The highest BCUT2D eigenvalue weighted by molar-refractivity contribution is 14.0. The van der Waals surface area contributed by atoms with Crippen LogP contribution in [0.25, 0.3) is 0 Å². The summed E-state index contributed by atoms with van der Waals surface area (Å²) in [5.74, 6) is 2.23. The number of carbonyl (C=O) groups excluding carboxylic acids is 1. The molecule has 1 saturated carbocycles. The Kier molecular flexibility index (Phi) is 10.4. The van der Waals surface area contributed by atoms with Gasteiger partial charge in [-0.25, -0.2) is 9.98 Å². The Morgan fingerprint density at radius 2 is 2.00 bits per heavy atom. The molecule has 1 heterocycles. The van der Waals surface area contributed by atoms with Crippen molar-refractivity contribution in [3.63, 3.8) is 0 Å². The standard InChI is InChI=1S/C18H31ClN6O.HI/c1-23(2)17(26)12-22-18(21-10-14-8-6-5-7-9-14)24(3)13-16-20-11-15(19)25(16)4;/h11,14H,5-10,12-13H2,1-4H3,(H,21,22);1H. The number of carbonyl (C=O) groups is 1. The first-order valence-electron chi connectivity index (χ1n) is 9.24. The number of aliphatic imine (C=N–C) groups is 1. The lowest BCUT2D eigenvalue weighted by molar-refractivity contribution is -0.127. The molecular weight excluding hydrogens is 479 g/mol. The van der Waals surface area contributed by atoms with E-state index in [9.17, 15) is 4.79 Å². The van der Waals surface area contributed by atoms with Crippen LogP contribution in [0.2, 0.25) is 5.15 Å². The smallest absolute Gasteiger partial charge is 0.243 e. The number of nitrogens with zero attached hydrogens (tertiary/aromatic N) is 5. The zero-order valence-corrected chi connectivity index (χ0v) is 19.8. The molecule has 2 rings (SSSR count). The minimum absolute atomic E-state index is 0. The van der Waals surface area contributed by atoms with Gasteiger partial charge in [-0.3, -0.25) is 4.79 Å². The van der Waals surface area contributed by atoms with Crippen LogP contribution >= 0.6 is 35.6 Å². The number of hydrogen-bond donors (Lipinski definition) is 1. The van der Waals surface area contributed by atoms with Crippen LogP contribution in [-0.2, 0) is 18.4 Å². The molecule has 0 aliphatic heterocycles. The number of nitrogens with one attached hydrogen (secondary N) is 1. The topological polar surface area (TPSA) is 65.8 Å². The Labute approximate surface area is 184 Å². The average Bonchev–Trinajstić information content (AvgIpc) is 2.94. The lowest BCUT2D eigenvalue weighted by atomic mass is 9.89. The van der Waals surface area contributed by atoms with Crippen LogP contribution in [0.5, 0.6) is 0 Å². The Balaban J connectivity index is 0.00000364. The molecule has 1 aromatic rings. The van der Waals surface area contributed by atoms with E-state index in [4.69, 9.17) is 11.6 Å². The summed E-state index contributed by atoms with van der Waals surface area (Å²) < 4.78 is 1.85. The van der Waals surface area contributed by atoms with Crippen molar-refractivity contribution in [2.24, 2.45) is 18.0 Å². The Morgan fingerprint density at radius 3 is 2.56 bits per heavy atom. The number of halogens is 2. The first-order valence-corrected chi connectivity index (χ1v) is 9.62. The maximum Gasteiger partial charge on any atom is 0.243 e. The fourth-order valence-corrected chi connectivity index (χ4v) is 3.23. The van der Waals surface area contributed by atoms with Gasteiger partial charge in [0.05, 0.1) is 12.7 Å². The summed E-state index contributed by atoms with van der Waals surface area (Å²) in [4.78, 5) is 24.4. The summed E-state index contributed by atoms with van der Waals surface area (Å²) in [6, 6.07) is 0. The van der Waals surface area contributed by atoms with Crippen molar-refractivity contribution >= 4 is 47.4 Å². The van der Waals surface area contributed by atoms with E-state index in [2.05, 4.69) is 15.3 Å². The molecule has 0 saturated heterocycles. The van der Waals surface area contributed by atoms with Gasteiger partial charge >= 0.3 is 0 Å². The van der Waals surface area contributed by atoms with Gasteiger partial charge in [-0.1, -0.05) is 30.9 Å². The molecule has 0 unspecified atom stereocenters. The number of imidazole rings is 1. The molecule has 0 aromatic carbocycles. The molecular formula is C18H32ClIN6O. The van der Waals surface area contributed by atoms with Gasteiger partial charge in [0.15, 0.2) is 5.96 Å². The predicted octanol–water partition coefficient (Wildman–Crippen LogP) is 2.74. The maximum atomic E-state index is 11.9. The third kappa shape index (κ3) is 7.48. The maximum absolute atomic E-state index is 11.9. The van der Waals surface area contributed by atoms with Gasteiger partial charge in [0.1, 0.15) is 17.5 Å². The van der Waals surface area contributed by atoms with E-state index < -0.39 is 0 Å². The lowest BCUT2D eigenvalue weighted by Gasteiger charge is -2.26. The van der Waals surface area contributed by atoms with Crippen molar-refractivity contribution in [1.29, 1.82) is 0 Å². The summed E-state index contributed by atoms with van der Waals surface area (Å²) >= 11 is 6.08. The van der Waals surface area contributed by atoms with E-state index in [-0.39, 0.29) is 36.4 Å². The average molecular weight is 511 g/mol. The van der Waals surface area contributed by atoms with Crippen LogP contribution < -0.4 is 5.32 Å². The molecule has 0 bridgehead atoms.